The first kappa shape index (κ1) is 13.0. The van der Waals surface area contributed by atoms with E-state index in [1.54, 1.807) is 18.2 Å². The average Bonchev–Trinajstić information content (AvgIpc) is 2.34. The minimum atomic E-state index is -2.61. The van der Waals surface area contributed by atoms with Gasteiger partial charge in [-0.3, -0.25) is 0 Å². The Kier molecular flexibility index (Phi) is 3.91. The lowest BCUT2D eigenvalue weighted by molar-refractivity contribution is 0.147. The van der Waals surface area contributed by atoms with Crippen molar-refractivity contribution in [2.75, 3.05) is 0 Å². The molecule has 0 spiro atoms. The molecule has 0 radical (unpaired) electrons. The van der Waals surface area contributed by atoms with Crippen LogP contribution in [0.15, 0.2) is 41.0 Å². The van der Waals surface area contributed by atoms with Gasteiger partial charge in [-0.15, -0.1) is 0 Å². The van der Waals surface area contributed by atoms with Crippen LogP contribution in [0.5, 0.6) is 11.6 Å². The van der Waals surface area contributed by atoms with Crippen LogP contribution in [-0.4, -0.2) is 4.98 Å². The fourth-order valence-corrected chi connectivity index (χ4v) is 1.69. The van der Waals surface area contributed by atoms with Crippen molar-refractivity contribution in [2.45, 2.75) is 13.3 Å². The molecule has 0 unspecified atom stereocenters. The van der Waals surface area contributed by atoms with E-state index in [4.69, 9.17) is 4.74 Å². The van der Waals surface area contributed by atoms with Crippen molar-refractivity contribution in [1.82, 2.24) is 4.98 Å². The van der Waals surface area contributed by atoms with E-state index in [1.807, 2.05) is 6.92 Å². The summed E-state index contributed by atoms with van der Waals surface area (Å²) in [5.41, 5.74) is 0.750. The molecular formula is C13H10BrF2NO. The summed E-state index contributed by atoms with van der Waals surface area (Å²) in [5, 5.41) is 0. The van der Waals surface area contributed by atoms with Crippen LogP contribution < -0.4 is 4.74 Å². The number of alkyl halides is 2. The highest BCUT2D eigenvalue weighted by Gasteiger charge is 2.15. The van der Waals surface area contributed by atoms with Gasteiger partial charge in [-0.2, -0.15) is 0 Å². The lowest BCUT2D eigenvalue weighted by Gasteiger charge is -2.10. The third-order valence-corrected chi connectivity index (χ3v) is 3.27. The minimum absolute atomic E-state index is 0.0609. The molecule has 0 bridgehead atoms. The van der Waals surface area contributed by atoms with E-state index in [9.17, 15) is 8.78 Å². The van der Waals surface area contributed by atoms with Crippen molar-refractivity contribution in [3.8, 4) is 11.6 Å². The zero-order valence-corrected chi connectivity index (χ0v) is 11.1. The van der Waals surface area contributed by atoms with Gasteiger partial charge in [-0.05, 0) is 42.8 Å². The predicted octanol–water partition coefficient (Wildman–Crippen LogP) is 4.88. The van der Waals surface area contributed by atoms with Gasteiger partial charge in [-0.25, -0.2) is 13.8 Å². The molecule has 0 N–H and O–H groups in total. The maximum atomic E-state index is 12.7. The van der Waals surface area contributed by atoms with Crippen LogP contribution in [0.2, 0.25) is 0 Å². The van der Waals surface area contributed by atoms with Gasteiger partial charge in [-0.1, -0.05) is 15.9 Å². The van der Waals surface area contributed by atoms with Gasteiger partial charge in [0.2, 0.25) is 5.88 Å². The standard InChI is InChI=1S/C13H10BrF2NO/c1-8-7-9(4-5-11(8)14)18-13-10(12(15)16)3-2-6-17-13/h2-7,12H,1H3. The largest absolute Gasteiger partial charge is 0.439 e. The summed E-state index contributed by atoms with van der Waals surface area (Å²) in [7, 11) is 0. The van der Waals surface area contributed by atoms with E-state index < -0.39 is 6.43 Å². The first-order valence-corrected chi connectivity index (χ1v) is 6.04. The van der Waals surface area contributed by atoms with Crippen molar-refractivity contribution in [3.05, 3.63) is 52.1 Å². The van der Waals surface area contributed by atoms with E-state index in [1.165, 1.54) is 18.3 Å². The van der Waals surface area contributed by atoms with E-state index in [-0.39, 0.29) is 11.4 Å². The molecule has 0 atom stereocenters. The summed E-state index contributed by atoms with van der Waals surface area (Å²) in [6.07, 6.45) is -1.18. The second-order valence-corrected chi connectivity index (χ2v) is 4.57. The number of pyridine rings is 1. The quantitative estimate of drug-likeness (QED) is 0.805. The number of hydrogen-bond donors (Lipinski definition) is 0. The number of halogens is 3. The van der Waals surface area contributed by atoms with E-state index >= 15 is 0 Å². The molecule has 2 aromatic rings. The monoisotopic (exact) mass is 313 g/mol. The SMILES string of the molecule is Cc1cc(Oc2ncccc2C(F)F)ccc1Br. The lowest BCUT2D eigenvalue weighted by atomic mass is 10.2. The van der Waals surface area contributed by atoms with Crippen LogP contribution in [0.25, 0.3) is 0 Å². The van der Waals surface area contributed by atoms with Crippen molar-refractivity contribution < 1.29 is 13.5 Å². The Balaban J connectivity index is 2.31. The summed E-state index contributed by atoms with van der Waals surface area (Å²) >= 11 is 3.36. The molecule has 0 saturated heterocycles. The molecule has 1 aromatic heterocycles. The maximum absolute atomic E-state index is 12.7. The second kappa shape index (κ2) is 5.44. The van der Waals surface area contributed by atoms with E-state index in [0.29, 0.717) is 5.75 Å². The normalized spacial score (nSPS) is 10.7. The minimum Gasteiger partial charge on any atom is -0.439 e. The number of ether oxygens (including phenoxy) is 1. The van der Waals surface area contributed by atoms with Crippen LogP contribution in [0.1, 0.15) is 17.6 Å². The van der Waals surface area contributed by atoms with Crippen LogP contribution in [-0.2, 0) is 0 Å². The molecule has 0 aliphatic rings. The molecule has 1 aromatic carbocycles. The fraction of sp³-hybridized carbons (Fsp3) is 0.154. The molecule has 0 saturated carbocycles. The van der Waals surface area contributed by atoms with Gasteiger partial charge in [0.25, 0.3) is 6.43 Å². The molecule has 2 rings (SSSR count). The Bertz CT molecular complexity index is 560. The number of nitrogens with zero attached hydrogens (tertiary/aromatic N) is 1. The van der Waals surface area contributed by atoms with E-state index in [0.717, 1.165) is 10.0 Å². The number of aryl methyl sites for hydroxylation is 1. The average molecular weight is 314 g/mol. The van der Waals surface area contributed by atoms with Crippen molar-refractivity contribution in [3.63, 3.8) is 0 Å². The van der Waals surface area contributed by atoms with Crippen LogP contribution in [0, 0.1) is 6.92 Å². The Morgan fingerprint density at radius 3 is 2.72 bits per heavy atom. The van der Waals surface area contributed by atoms with Gasteiger partial charge in [0.15, 0.2) is 0 Å². The summed E-state index contributed by atoms with van der Waals surface area (Å²) in [6.45, 7) is 1.89. The molecule has 0 amide bonds. The Labute approximate surface area is 112 Å². The molecule has 0 aliphatic heterocycles. The zero-order valence-electron chi connectivity index (χ0n) is 9.53. The van der Waals surface area contributed by atoms with Gasteiger partial charge in [0.05, 0.1) is 5.56 Å². The van der Waals surface area contributed by atoms with Crippen LogP contribution in [0.3, 0.4) is 0 Å². The van der Waals surface area contributed by atoms with E-state index in [2.05, 4.69) is 20.9 Å². The highest BCUT2D eigenvalue weighted by atomic mass is 79.9. The highest BCUT2D eigenvalue weighted by molar-refractivity contribution is 9.10. The van der Waals surface area contributed by atoms with Gasteiger partial charge >= 0.3 is 0 Å². The molecule has 0 fully saturated rings. The Morgan fingerprint density at radius 2 is 2.06 bits per heavy atom. The highest BCUT2D eigenvalue weighted by Crippen LogP contribution is 2.31. The zero-order chi connectivity index (χ0) is 13.1. The molecule has 2 nitrogen and oxygen atoms in total. The van der Waals surface area contributed by atoms with Gasteiger partial charge < -0.3 is 4.74 Å². The molecular weight excluding hydrogens is 304 g/mol. The number of aromatic nitrogens is 1. The van der Waals surface area contributed by atoms with Gasteiger partial charge in [0.1, 0.15) is 5.75 Å². The first-order valence-electron chi connectivity index (χ1n) is 5.25. The number of benzene rings is 1. The number of rotatable bonds is 3. The van der Waals surface area contributed by atoms with Crippen molar-refractivity contribution >= 4 is 15.9 Å². The smallest absolute Gasteiger partial charge is 0.269 e. The molecule has 0 aliphatic carbocycles. The summed E-state index contributed by atoms with van der Waals surface area (Å²) < 4.78 is 31.8. The van der Waals surface area contributed by atoms with Crippen molar-refractivity contribution in [2.24, 2.45) is 0 Å². The third kappa shape index (κ3) is 2.85. The van der Waals surface area contributed by atoms with Gasteiger partial charge in [0, 0.05) is 10.7 Å². The predicted molar refractivity (Wildman–Crippen MR) is 68.1 cm³/mol. The summed E-state index contributed by atoms with van der Waals surface area (Å²) in [6, 6.07) is 8.02. The Hall–Kier alpha value is -1.49. The van der Waals surface area contributed by atoms with Crippen LogP contribution in [0.4, 0.5) is 8.78 Å². The molecule has 94 valence electrons. The second-order valence-electron chi connectivity index (χ2n) is 3.71. The molecule has 18 heavy (non-hydrogen) atoms. The first-order chi connectivity index (χ1) is 8.58. The number of hydrogen-bond acceptors (Lipinski definition) is 2. The lowest BCUT2D eigenvalue weighted by Crippen LogP contribution is -1.95. The summed E-state index contributed by atoms with van der Waals surface area (Å²) in [5.74, 6) is 0.422. The maximum Gasteiger partial charge on any atom is 0.269 e. The van der Waals surface area contributed by atoms with Crippen LogP contribution >= 0.6 is 15.9 Å². The summed E-state index contributed by atoms with van der Waals surface area (Å²) in [4.78, 5) is 3.83. The Morgan fingerprint density at radius 1 is 1.28 bits per heavy atom. The fourth-order valence-electron chi connectivity index (χ4n) is 1.45. The van der Waals surface area contributed by atoms with Crippen molar-refractivity contribution in [1.29, 1.82) is 0 Å². The third-order valence-electron chi connectivity index (χ3n) is 2.38. The molecule has 5 heteroatoms. The molecule has 1 heterocycles. The topological polar surface area (TPSA) is 22.1 Å².